The molecule has 1 aromatic heterocycles. The standard InChI is InChI=1S/C39H41N5O6/c45-37(41-21-10-22-48-34-15-8-3-9-16-34)26-44(25-30-17-19-35(20-18-30)49-27-31-11-4-1-5-12-31)38(46)36(23-33-24-40-29-42-33)43-39(47)50-28-32-13-6-2-7-14-32/h1-9,11-20,24,29,36H,10,21-23,25-28H2,(H,40,42)(H,41,45)(H,43,47)/t36-/m0/s1. The summed E-state index contributed by atoms with van der Waals surface area (Å²) < 4.78 is 17.1. The number of nitrogens with zero attached hydrogens (tertiary/aromatic N) is 2. The highest BCUT2D eigenvalue weighted by molar-refractivity contribution is 5.89. The van der Waals surface area contributed by atoms with E-state index in [1.165, 1.54) is 11.2 Å². The number of carbonyl (C=O) groups is 3. The first-order chi connectivity index (χ1) is 24.5. The molecule has 1 atom stereocenters. The third-order valence-corrected chi connectivity index (χ3v) is 7.63. The predicted molar refractivity (Wildman–Crippen MR) is 188 cm³/mol. The zero-order valence-corrected chi connectivity index (χ0v) is 27.7. The zero-order chi connectivity index (χ0) is 34.8. The molecule has 0 aliphatic rings. The maximum absolute atomic E-state index is 14.2. The van der Waals surface area contributed by atoms with Gasteiger partial charge in [0.1, 0.15) is 30.8 Å². The fourth-order valence-electron chi connectivity index (χ4n) is 5.04. The molecule has 50 heavy (non-hydrogen) atoms. The van der Waals surface area contributed by atoms with Gasteiger partial charge in [-0.25, -0.2) is 9.78 Å². The number of amides is 3. The smallest absolute Gasteiger partial charge is 0.408 e. The molecule has 0 fully saturated rings. The van der Waals surface area contributed by atoms with Crippen LogP contribution >= 0.6 is 0 Å². The van der Waals surface area contributed by atoms with Gasteiger partial charge in [-0.3, -0.25) is 9.59 Å². The van der Waals surface area contributed by atoms with Gasteiger partial charge in [0.15, 0.2) is 0 Å². The molecule has 0 spiro atoms. The van der Waals surface area contributed by atoms with Crippen LogP contribution in [-0.2, 0) is 40.5 Å². The summed E-state index contributed by atoms with van der Waals surface area (Å²) in [6.45, 7) is 1.13. The van der Waals surface area contributed by atoms with Crippen LogP contribution in [0.3, 0.4) is 0 Å². The van der Waals surface area contributed by atoms with E-state index in [4.69, 9.17) is 14.2 Å². The molecule has 4 aromatic carbocycles. The van der Waals surface area contributed by atoms with Crippen molar-refractivity contribution in [1.29, 1.82) is 0 Å². The monoisotopic (exact) mass is 675 g/mol. The molecule has 0 saturated carbocycles. The number of aromatic amines is 1. The number of imidazole rings is 1. The summed E-state index contributed by atoms with van der Waals surface area (Å²) in [5.41, 5.74) is 3.27. The summed E-state index contributed by atoms with van der Waals surface area (Å²) in [7, 11) is 0. The Hall–Kier alpha value is -6.10. The Morgan fingerprint density at radius 2 is 1.38 bits per heavy atom. The molecule has 0 bridgehead atoms. The van der Waals surface area contributed by atoms with Gasteiger partial charge in [0, 0.05) is 31.4 Å². The van der Waals surface area contributed by atoms with E-state index in [0.717, 1.165) is 22.4 Å². The Morgan fingerprint density at radius 1 is 0.740 bits per heavy atom. The SMILES string of the molecule is O=C(CN(Cc1ccc(OCc2ccccc2)cc1)C(=O)[C@H](Cc1cnc[nH]1)NC(=O)OCc1ccccc1)NCCCOc1ccccc1. The Balaban J connectivity index is 1.24. The van der Waals surface area contributed by atoms with Crippen LogP contribution in [0.1, 0.15) is 28.8 Å². The van der Waals surface area contributed by atoms with E-state index in [1.54, 1.807) is 6.20 Å². The normalized spacial score (nSPS) is 11.2. The number of ether oxygens (including phenoxy) is 3. The van der Waals surface area contributed by atoms with Crippen molar-refractivity contribution in [1.82, 2.24) is 25.5 Å². The van der Waals surface area contributed by atoms with Crippen LogP contribution in [0.15, 0.2) is 128 Å². The van der Waals surface area contributed by atoms with Gasteiger partial charge in [-0.1, -0.05) is 91.0 Å². The Bertz CT molecular complexity index is 1740. The summed E-state index contributed by atoms with van der Waals surface area (Å²) in [4.78, 5) is 48.8. The van der Waals surface area contributed by atoms with Gasteiger partial charge in [0.2, 0.25) is 11.8 Å². The van der Waals surface area contributed by atoms with Crippen LogP contribution in [0, 0.1) is 0 Å². The van der Waals surface area contributed by atoms with E-state index >= 15 is 0 Å². The van der Waals surface area contributed by atoms with E-state index < -0.39 is 18.0 Å². The molecule has 11 heteroatoms. The lowest BCUT2D eigenvalue weighted by Gasteiger charge is -2.27. The van der Waals surface area contributed by atoms with Crippen LogP contribution in [0.5, 0.6) is 11.5 Å². The molecule has 0 radical (unpaired) electrons. The van der Waals surface area contributed by atoms with Crippen molar-refractivity contribution in [3.63, 3.8) is 0 Å². The second kappa shape index (κ2) is 19.0. The van der Waals surface area contributed by atoms with Gasteiger partial charge in [0.05, 0.1) is 19.5 Å². The molecule has 3 N–H and O–H groups in total. The number of nitrogens with one attached hydrogen (secondary N) is 3. The van der Waals surface area contributed by atoms with Gasteiger partial charge >= 0.3 is 6.09 Å². The number of alkyl carbamates (subject to hydrolysis) is 1. The number of rotatable bonds is 18. The van der Waals surface area contributed by atoms with Crippen LogP contribution in [0.2, 0.25) is 0 Å². The van der Waals surface area contributed by atoms with Gasteiger partial charge in [-0.15, -0.1) is 0 Å². The van der Waals surface area contributed by atoms with E-state index in [9.17, 15) is 14.4 Å². The Morgan fingerprint density at radius 3 is 2.04 bits per heavy atom. The molecule has 5 aromatic rings. The van der Waals surface area contributed by atoms with Crippen LogP contribution in [0.4, 0.5) is 4.79 Å². The summed E-state index contributed by atoms with van der Waals surface area (Å²) in [6.07, 6.45) is 3.02. The maximum Gasteiger partial charge on any atom is 0.408 e. The van der Waals surface area contributed by atoms with Crippen molar-refractivity contribution in [2.24, 2.45) is 0 Å². The Kier molecular flexibility index (Phi) is 13.4. The third kappa shape index (κ3) is 11.9. The minimum Gasteiger partial charge on any atom is -0.494 e. The Labute approximate surface area is 291 Å². The fourth-order valence-corrected chi connectivity index (χ4v) is 5.04. The molecule has 0 unspecified atom stereocenters. The lowest BCUT2D eigenvalue weighted by molar-refractivity contribution is -0.138. The second-order valence-electron chi connectivity index (χ2n) is 11.5. The van der Waals surface area contributed by atoms with Crippen molar-refractivity contribution < 1.29 is 28.6 Å². The molecular weight excluding hydrogens is 634 g/mol. The third-order valence-electron chi connectivity index (χ3n) is 7.63. The molecule has 0 aliphatic heterocycles. The van der Waals surface area contributed by atoms with E-state index in [0.29, 0.717) is 37.6 Å². The molecule has 3 amide bonds. The van der Waals surface area contributed by atoms with Crippen LogP contribution in [0.25, 0.3) is 0 Å². The van der Waals surface area contributed by atoms with Gasteiger partial charge in [-0.2, -0.15) is 0 Å². The maximum atomic E-state index is 14.2. The lowest BCUT2D eigenvalue weighted by Crippen LogP contribution is -2.52. The average molecular weight is 676 g/mol. The highest BCUT2D eigenvalue weighted by atomic mass is 16.5. The molecule has 1 heterocycles. The summed E-state index contributed by atoms with van der Waals surface area (Å²) in [5, 5.41) is 5.60. The first-order valence-corrected chi connectivity index (χ1v) is 16.5. The molecular formula is C39H41N5O6. The van der Waals surface area contributed by atoms with E-state index in [-0.39, 0.29) is 32.0 Å². The molecule has 11 nitrogen and oxygen atoms in total. The number of H-pyrrole nitrogens is 1. The zero-order valence-electron chi connectivity index (χ0n) is 27.7. The minimum atomic E-state index is -1.04. The van der Waals surface area contributed by atoms with Crippen molar-refractivity contribution in [3.05, 3.63) is 150 Å². The molecule has 258 valence electrons. The van der Waals surface area contributed by atoms with Crippen molar-refractivity contribution >= 4 is 17.9 Å². The number of para-hydroxylation sites is 1. The highest BCUT2D eigenvalue weighted by Gasteiger charge is 2.29. The van der Waals surface area contributed by atoms with Crippen LogP contribution in [-0.4, -0.2) is 58.5 Å². The average Bonchev–Trinajstić information content (AvgIpc) is 3.67. The van der Waals surface area contributed by atoms with Gasteiger partial charge in [0.25, 0.3) is 0 Å². The number of aromatic nitrogens is 2. The van der Waals surface area contributed by atoms with E-state index in [2.05, 4.69) is 20.6 Å². The number of carbonyl (C=O) groups excluding carboxylic acids is 3. The lowest BCUT2D eigenvalue weighted by atomic mass is 10.1. The first kappa shape index (κ1) is 35.2. The topological polar surface area (TPSA) is 135 Å². The van der Waals surface area contributed by atoms with Crippen LogP contribution < -0.4 is 20.1 Å². The van der Waals surface area contributed by atoms with Gasteiger partial charge < -0.3 is 34.7 Å². The molecule has 0 aliphatic carbocycles. The van der Waals surface area contributed by atoms with E-state index in [1.807, 2.05) is 115 Å². The number of hydrogen-bond acceptors (Lipinski definition) is 7. The largest absolute Gasteiger partial charge is 0.494 e. The summed E-state index contributed by atoms with van der Waals surface area (Å²) >= 11 is 0. The quantitative estimate of drug-likeness (QED) is 0.105. The first-order valence-electron chi connectivity index (χ1n) is 16.5. The van der Waals surface area contributed by atoms with Crippen molar-refractivity contribution in [2.45, 2.75) is 38.6 Å². The van der Waals surface area contributed by atoms with Gasteiger partial charge in [-0.05, 0) is 47.4 Å². The molecule has 0 saturated heterocycles. The number of hydrogen-bond donors (Lipinski definition) is 3. The van der Waals surface area contributed by atoms with Crippen molar-refractivity contribution in [2.75, 3.05) is 19.7 Å². The highest BCUT2D eigenvalue weighted by Crippen LogP contribution is 2.17. The minimum absolute atomic E-state index is 0.0381. The van der Waals surface area contributed by atoms with Crippen molar-refractivity contribution in [3.8, 4) is 11.5 Å². The second-order valence-corrected chi connectivity index (χ2v) is 11.5. The summed E-state index contributed by atoms with van der Waals surface area (Å²) in [5.74, 6) is 0.632. The number of benzene rings is 4. The summed E-state index contributed by atoms with van der Waals surface area (Å²) in [6, 6.07) is 34.9. The predicted octanol–water partition coefficient (Wildman–Crippen LogP) is 5.44. The fraction of sp³-hybridized carbons (Fsp3) is 0.231. The molecule has 5 rings (SSSR count).